The maximum Gasteiger partial charge on any atom is 0.307 e. The summed E-state index contributed by atoms with van der Waals surface area (Å²) in [6, 6.07) is 0. The van der Waals surface area contributed by atoms with E-state index in [0.29, 0.717) is 12.2 Å². The number of carbonyl (C=O) groups excluding carboxylic acids is 1. The molecular weight excluding hydrogens is 212 g/mol. The lowest BCUT2D eigenvalue weighted by Gasteiger charge is -2.22. The first kappa shape index (κ1) is 14.7. The fraction of sp³-hybridized carbons (Fsp3) is 0.900. The molecule has 0 aliphatic heterocycles. The summed E-state index contributed by atoms with van der Waals surface area (Å²) in [5.41, 5.74) is 0. The molecule has 4 nitrogen and oxygen atoms in total. The third-order valence-electron chi connectivity index (χ3n) is 1.82. The normalized spacial score (nSPS) is 13.3. The van der Waals surface area contributed by atoms with Crippen LogP contribution >= 0.6 is 12.6 Å². The third-order valence-corrected chi connectivity index (χ3v) is 2.04. The summed E-state index contributed by atoms with van der Waals surface area (Å²) in [5.74, 6) is 0.389. The number of carbonyl (C=O) groups is 1. The highest BCUT2D eigenvalue weighted by Gasteiger charge is 2.17. The van der Waals surface area contributed by atoms with Crippen LogP contribution in [0.25, 0.3) is 0 Å². The Bertz CT molecular complexity index is 176. The molecule has 15 heavy (non-hydrogen) atoms. The molecule has 1 N–H and O–H groups in total. The van der Waals surface area contributed by atoms with E-state index in [2.05, 4.69) is 26.7 Å². The summed E-state index contributed by atoms with van der Waals surface area (Å²) < 4.78 is 5.36. The van der Waals surface area contributed by atoms with Gasteiger partial charge in [-0.15, -0.1) is 0 Å². The molecule has 0 aromatic rings. The molecule has 5 heteroatoms. The van der Waals surface area contributed by atoms with Gasteiger partial charge in [-0.2, -0.15) is 12.6 Å². The van der Waals surface area contributed by atoms with E-state index in [9.17, 15) is 4.79 Å². The van der Waals surface area contributed by atoms with Gasteiger partial charge in [0.05, 0.1) is 20.5 Å². The van der Waals surface area contributed by atoms with E-state index in [1.807, 2.05) is 19.0 Å². The number of esters is 1. The van der Waals surface area contributed by atoms with Gasteiger partial charge in [-0.05, 0) is 14.1 Å². The molecule has 0 aromatic heterocycles. The van der Waals surface area contributed by atoms with Gasteiger partial charge < -0.3 is 14.5 Å². The molecule has 0 bridgehead atoms. The van der Waals surface area contributed by atoms with Crippen LogP contribution in [0.4, 0.5) is 0 Å². The topological polar surface area (TPSA) is 34.0 Å². The van der Waals surface area contributed by atoms with E-state index in [0.717, 1.165) is 13.1 Å². The molecule has 0 amide bonds. The van der Waals surface area contributed by atoms with E-state index in [1.165, 1.54) is 4.90 Å². The van der Waals surface area contributed by atoms with Crippen molar-refractivity contribution >= 4 is 18.6 Å². The third kappa shape index (κ3) is 8.72. The van der Waals surface area contributed by atoms with Crippen molar-refractivity contribution in [1.29, 1.82) is 0 Å². The van der Waals surface area contributed by atoms with Crippen molar-refractivity contribution in [2.24, 2.45) is 0 Å². The van der Waals surface area contributed by atoms with Gasteiger partial charge in [-0.1, -0.05) is 0 Å². The Kier molecular flexibility index (Phi) is 7.82. The van der Waals surface area contributed by atoms with E-state index in [-0.39, 0.29) is 12.1 Å². The van der Waals surface area contributed by atoms with Crippen LogP contribution < -0.4 is 4.90 Å². The Balaban J connectivity index is 4.05. The highest BCUT2D eigenvalue weighted by Crippen LogP contribution is 1.96. The average molecular weight is 235 g/mol. The maximum absolute atomic E-state index is 11.3. The van der Waals surface area contributed by atoms with Crippen molar-refractivity contribution in [2.45, 2.75) is 12.5 Å². The summed E-state index contributed by atoms with van der Waals surface area (Å²) in [4.78, 5) is 14.6. The molecule has 0 rings (SSSR count). The molecule has 0 aliphatic rings. The Morgan fingerprint density at radius 2 is 2.07 bits per heavy atom. The number of rotatable bonds is 7. The predicted octanol–water partition coefficient (Wildman–Crippen LogP) is -1.08. The van der Waals surface area contributed by atoms with Crippen molar-refractivity contribution < 1.29 is 14.4 Å². The van der Waals surface area contributed by atoms with Gasteiger partial charge >= 0.3 is 5.97 Å². The summed E-state index contributed by atoms with van der Waals surface area (Å²) in [7, 11) is 8.05. The molecule has 1 unspecified atom stereocenters. The largest absolute Gasteiger partial charge is 0.455 e. The molecule has 0 aliphatic carbocycles. The number of quaternary nitrogens is 1. The minimum atomic E-state index is -0.155. The zero-order chi connectivity index (χ0) is 11.8. The predicted molar refractivity (Wildman–Crippen MR) is 64.6 cm³/mol. The summed E-state index contributed by atoms with van der Waals surface area (Å²) >= 11 is 4.01. The van der Waals surface area contributed by atoms with Gasteiger partial charge in [0, 0.05) is 12.3 Å². The first-order chi connectivity index (χ1) is 6.95. The number of nitrogens with zero attached hydrogens (tertiary/aromatic N) is 1. The SMILES string of the molecule is CN(C)CC(C[NH+](C)C)OC(=O)CCS. The van der Waals surface area contributed by atoms with Crippen molar-refractivity contribution in [3.05, 3.63) is 0 Å². The molecule has 0 spiro atoms. The molecule has 0 radical (unpaired) electrons. The lowest BCUT2D eigenvalue weighted by Crippen LogP contribution is -3.07. The molecule has 0 heterocycles. The minimum Gasteiger partial charge on any atom is -0.455 e. The Labute approximate surface area is 98.0 Å². The number of hydrogen-bond acceptors (Lipinski definition) is 4. The molecule has 0 fully saturated rings. The van der Waals surface area contributed by atoms with Gasteiger partial charge in [-0.3, -0.25) is 4.79 Å². The van der Waals surface area contributed by atoms with Crippen molar-refractivity contribution in [3.8, 4) is 0 Å². The number of ether oxygens (including phenoxy) is 1. The zero-order valence-electron chi connectivity index (χ0n) is 10.1. The Hall–Kier alpha value is -0.260. The van der Waals surface area contributed by atoms with Gasteiger partial charge in [0.2, 0.25) is 0 Å². The first-order valence-electron chi connectivity index (χ1n) is 5.19. The second-order valence-corrected chi connectivity index (χ2v) is 4.71. The first-order valence-corrected chi connectivity index (χ1v) is 5.83. The summed E-state index contributed by atoms with van der Waals surface area (Å²) in [6.45, 7) is 1.60. The van der Waals surface area contributed by atoms with Gasteiger partial charge in [-0.25, -0.2) is 0 Å². The van der Waals surface area contributed by atoms with Gasteiger partial charge in [0.25, 0.3) is 0 Å². The van der Waals surface area contributed by atoms with E-state index in [4.69, 9.17) is 4.74 Å². The monoisotopic (exact) mass is 235 g/mol. The zero-order valence-corrected chi connectivity index (χ0v) is 11.0. The van der Waals surface area contributed by atoms with E-state index in [1.54, 1.807) is 0 Å². The highest BCUT2D eigenvalue weighted by atomic mass is 32.1. The number of hydrogen-bond donors (Lipinski definition) is 2. The molecule has 0 saturated heterocycles. The van der Waals surface area contributed by atoms with Crippen molar-refractivity contribution in [1.82, 2.24) is 4.90 Å². The van der Waals surface area contributed by atoms with Crippen LogP contribution in [0.3, 0.4) is 0 Å². The maximum atomic E-state index is 11.3. The van der Waals surface area contributed by atoms with Crippen LogP contribution in [0.5, 0.6) is 0 Å². The number of thiol groups is 1. The van der Waals surface area contributed by atoms with Crippen LogP contribution in [0, 0.1) is 0 Å². The van der Waals surface area contributed by atoms with Gasteiger partial charge in [0.15, 0.2) is 6.10 Å². The quantitative estimate of drug-likeness (QED) is 0.435. The highest BCUT2D eigenvalue weighted by molar-refractivity contribution is 7.80. The summed E-state index contributed by atoms with van der Waals surface area (Å²) in [6.07, 6.45) is 0.355. The van der Waals surface area contributed by atoms with Crippen LogP contribution in [-0.2, 0) is 9.53 Å². The lowest BCUT2D eigenvalue weighted by molar-refractivity contribution is -0.861. The molecule has 0 aromatic carbocycles. The van der Waals surface area contributed by atoms with Crippen LogP contribution in [-0.4, -0.2) is 64.0 Å². The number of nitrogens with one attached hydrogen (secondary N) is 1. The fourth-order valence-electron chi connectivity index (χ4n) is 1.34. The van der Waals surface area contributed by atoms with Crippen LogP contribution in [0.2, 0.25) is 0 Å². The summed E-state index contributed by atoms with van der Waals surface area (Å²) in [5, 5.41) is 0. The van der Waals surface area contributed by atoms with E-state index < -0.39 is 0 Å². The minimum absolute atomic E-state index is 0.0302. The number of likely N-dealkylation sites (N-methyl/N-ethyl adjacent to an activating group) is 2. The second kappa shape index (κ2) is 7.96. The standard InChI is InChI=1S/C10H22N2O2S/c1-11(2)7-9(8-12(3)4)14-10(13)5-6-15/h9,15H,5-8H2,1-4H3/p+1. The van der Waals surface area contributed by atoms with Crippen LogP contribution in [0.15, 0.2) is 0 Å². The fourth-order valence-corrected chi connectivity index (χ4v) is 1.52. The Morgan fingerprint density at radius 3 is 2.47 bits per heavy atom. The molecule has 0 saturated carbocycles. The van der Waals surface area contributed by atoms with Crippen molar-refractivity contribution in [3.63, 3.8) is 0 Å². The lowest BCUT2D eigenvalue weighted by atomic mass is 10.3. The molecule has 90 valence electrons. The average Bonchev–Trinajstić information content (AvgIpc) is 2.00. The smallest absolute Gasteiger partial charge is 0.307 e. The Morgan fingerprint density at radius 1 is 1.47 bits per heavy atom. The second-order valence-electron chi connectivity index (χ2n) is 4.26. The van der Waals surface area contributed by atoms with E-state index >= 15 is 0 Å². The van der Waals surface area contributed by atoms with Crippen LogP contribution in [0.1, 0.15) is 6.42 Å². The van der Waals surface area contributed by atoms with Crippen molar-refractivity contribution in [2.75, 3.05) is 47.0 Å². The van der Waals surface area contributed by atoms with Gasteiger partial charge in [0.1, 0.15) is 6.54 Å². The molecular formula is C10H23N2O2S+. The molecule has 1 atom stereocenters.